The van der Waals surface area contributed by atoms with E-state index in [0.717, 1.165) is 18.2 Å². The van der Waals surface area contributed by atoms with Crippen LogP contribution in [0.5, 0.6) is 11.5 Å². The average Bonchev–Trinajstić information content (AvgIpc) is 2.94. The van der Waals surface area contributed by atoms with Crippen molar-refractivity contribution in [1.82, 2.24) is 0 Å². The minimum Gasteiger partial charge on any atom is -0.496 e. The van der Waals surface area contributed by atoms with E-state index in [4.69, 9.17) is 9.47 Å². The average molecular weight is 344 g/mol. The largest absolute Gasteiger partial charge is 0.496 e. The van der Waals surface area contributed by atoms with E-state index in [9.17, 15) is 10.1 Å². The second kappa shape index (κ2) is 6.43. The van der Waals surface area contributed by atoms with E-state index in [2.05, 4.69) is 15.9 Å². The molecule has 2 rings (SSSR count). The van der Waals surface area contributed by atoms with E-state index in [1.165, 1.54) is 26.0 Å². The van der Waals surface area contributed by atoms with Crippen molar-refractivity contribution in [1.29, 1.82) is 0 Å². The van der Waals surface area contributed by atoms with Gasteiger partial charge in [-0.25, -0.2) is 0 Å². The van der Waals surface area contributed by atoms with Crippen molar-refractivity contribution >= 4 is 21.6 Å². The quantitative estimate of drug-likeness (QED) is 0.446. The highest BCUT2D eigenvalue weighted by molar-refractivity contribution is 9.09. The van der Waals surface area contributed by atoms with Crippen LogP contribution in [0.15, 0.2) is 18.2 Å². The normalized spacial score (nSPS) is 16.9. The number of halogens is 1. The summed E-state index contributed by atoms with van der Waals surface area (Å²) in [7, 11) is 1.48. The summed E-state index contributed by atoms with van der Waals surface area (Å²) in [6, 6.07) is 4.68. The van der Waals surface area contributed by atoms with Gasteiger partial charge >= 0.3 is 5.69 Å². The van der Waals surface area contributed by atoms with Crippen molar-refractivity contribution in [3.63, 3.8) is 0 Å². The molecular weight excluding hydrogens is 326 g/mol. The highest BCUT2D eigenvalue weighted by atomic mass is 79.9. The zero-order chi connectivity index (χ0) is 14.6. The number of ether oxygens (including phenoxy) is 2. The fourth-order valence-electron chi connectivity index (χ4n) is 2.56. The van der Waals surface area contributed by atoms with Crippen molar-refractivity contribution in [3.05, 3.63) is 28.3 Å². The maximum absolute atomic E-state index is 11.1. The van der Waals surface area contributed by atoms with Crippen LogP contribution in [0, 0.1) is 15.5 Å². The molecule has 0 heterocycles. The summed E-state index contributed by atoms with van der Waals surface area (Å²) < 4.78 is 10.8. The molecule has 0 spiro atoms. The van der Waals surface area contributed by atoms with Crippen LogP contribution in [-0.2, 0) is 0 Å². The zero-order valence-corrected chi connectivity index (χ0v) is 13.0. The molecule has 1 aliphatic carbocycles. The molecule has 0 amide bonds. The van der Waals surface area contributed by atoms with Gasteiger partial charge in [-0.05, 0) is 25.0 Å². The molecule has 0 aliphatic heterocycles. The molecule has 1 aromatic rings. The van der Waals surface area contributed by atoms with Crippen LogP contribution in [0.3, 0.4) is 0 Å². The Morgan fingerprint density at radius 1 is 1.40 bits per heavy atom. The molecule has 5 nitrogen and oxygen atoms in total. The summed E-state index contributed by atoms with van der Waals surface area (Å²) in [4.78, 5) is 10.7. The maximum Gasteiger partial charge on any atom is 0.314 e. The lowest BCUT2D eigenvalue weighted by Gasteiger charge is -2.26. The minimum atomic E-state index is -0.437. The zero-order valence-electron chi connectivity index (χ0n) is 11.4. The van der Waals surface area contributed by atoms with Gasteiger partial charge in [-0.15, -0.1) is 0 Å². The number of rotatable bonds is 6. The van der Waals surface area contributed by atoms with E-state index in [1.54, 1.807) is 12.1 Å². The van der Waals surface area contributed by atoms with Crippen LogP contribution < -0.4 is 9.47 Å². The van der Waals surface area contributed by atoms with Crippen molar-refractivity contribution < 1.29 is 14.4 Å². The molecule has 1 fully saturated rings. The van der Waals surface area contributed by atoms with Crippen LogP contribution >= 0.6 is 15.9 Å². The second-order valence-corrected chi connectivity index (χ2v) is 5.78. The summed E-state index contributed by atoms with van der Waals surface area (Å²) in [6.07, 6.45) is 4.59. The first kappa shape index (κ1) is 15.1. The number of nitro groups is 1. The first-order chi connectivity index (χ1) is 9.60. The molecule has 0 atom stereocenters. The van der Waals surface area contributed by atoms with E-state index < -0.39 is 4.92 Å². The van der Waals surface area contributed by atoms with Gasteiger partial charge in [0, 0.05) is 10.7 Å². The number of nitro benzene ring substituents is 1. The van der Waals surface area contributed by atoms with Gasteiger partial charge in [0.1, 0.15) is 5.75 Å². The van der Waals surface area contributed by atoms with Gasteiger partial charge in [0.05, 0.1) is 24.7 Å². The number of benzene rings is 1. The first-order valence-electron chi connectivity index (χ1n) is 6.61. The Balaban J connectivity index is 2.14. The lowest BCUT2D eigenvalue weighted by molar-refractivity contribution is -0.386. The van der Waals surface area contributed by atoms with Gasteiger partial charge in [0.15, 0.2) is 5.75 Å². The number of hydrogen-bond acceptors (Lipinski definition) is 4. The van der Waals surface area contributed by atoms with Crippen LogP contribution in [0.2, 0.25) is 0 Å². The molecule has 110 valence electrons. The molecule has 1 saturated carbocycles. The molecule has 20 heavy (non-hydrogen) atoms. The van der Waals surface area contributed by atoms with Crippen LogP contribution in [0.25, 0.3) is 0 Å². The fourth-order valence-corrected chi connectivity index (χ4v) is 3.28. The van der Waals surface area contributed by atoms with Crippen molar-refractivity contribution in [2.24, 2.45) is 5.41 Å². The van der Waals surface area contributed by atoms with Gasteiger partial charge in [0.2, 0.25) is 0 Å². The summed E-state index contributed by atoms with van der Waals surface area (Å²) in [6.45, 7) is 0.505. The Bertz CT molecular complexity index is 486. The monoisotopic (exact) mass is 343 g/mol. The van der Waals surface area contributed by atoms with Gasteiger partial charge in [-0.3, -0.25) is 10.1 Å². The Kier molecular flexibility index (Phi) is 4.86. The predicted molar refractivity (Wildman–Crippen MR) is 79.8 cm³/mol. The lowest BCUT2D eigenvalue weighted by atomic mass is 9.90. The Morgan fingerprint density at radius 3 is 2.65 bits per heavy atom. The third-order valence-electron chi connectivity index (χ3n) is 3.84. The lowest BCUT2D eigenvalue weighted by Crippen LogP contribution is -2.27. The minimum absolute atomic E-state index is 0.0490. The number of methoxy groups -OCH3 is 1. The summed E-state index contributed by atoms with van der Waals surface area (Å²) in [5.74, 6) is 0.767. The molecule has 6 heteroatoms. The van der Waals surface area contributed by atoms with E-state index in [1.807, 2.05) is 0 Å². The highest BCUT2D eigenvalue weighted by Crippen LogP contribution is 2.41. The predicted octanol–water partition coefficient (Wildman–Crippen LogP) is 3.94. The smallest absolute Gasteiger partial charge is 0.314 e. The molecular formula is C14H18BrNO4. The van der Waals surface area contributed by atoms with Gasteiger partial charge < -0.3 is 9.47 Å². The molecule has 1 aromatic carbocycles. The third-order valence-corrected chi connectivity index (χ3v) is 5.03. The van der Waals surface area contributed by atoms with Crippen molar-refractivity contribution in [2.75, 3.05) is 19.0 Å². The Labute approximate surface area is 126 Å². The van der Waals surface area contributed by atoms with E-state index >= 15 is 0 Å². The number of alkyl halides is 1. The fraction of sp³-hybridized carbons (Fsp3) is 0.571. The maximum atomic E-state index is 11.1. The topological polar surface area (TPSA) is 61.6 Å². The number of hydrogen-bond donors (Lipinski definition) is 0. The van der Waals surface area contributed by atoms with E-state index in [0.29, 0.717) is 18.1 Å². The third kappa shape index (κ3) is 3.23. The number of nitrogens with zero attached hydrogens (tertiary/aromatic N) is 1. The van der Waals surface area contributed by atoms with Crippen LogP contribution in [0.4, 0.5) is 5.69 Å². The Hall–Kier alpha value is -1.30. The molecule has 1 aliphatic rings. The Morgan fingerprint density at radius 2 is 2.10 bits per heavy atom. The molecule has 0 N–H and O–H groups in total. The van der Waals surface area contributed by atoms with E-state index in [-0.39, 0.29) is 11.1 Å². The molecule has 0 radical (unpaired) electrons. The van der Waals surface area contributed by atoms with Gasteiger partial charge in [-0.1, -0.05) is 28.8 Å². The van der Waals surface area contributed by atoms with Gasteiger partial charge in [-0.2, -0.15) is 0 Å². The van der Waals surface area contributed by atoms with Crippen LogP contribution in [0.1, 0.15) is 25.7 Å². The summed E-state index contributed by atoms with van der Waals surface area (Å²) >= 11 is 3.54. The van der Waals surface area contributed by atoms with Crippen LogP contribution in [-0.4, -0.2) is 24.0 Å². The SMILES string of the molecule is COc1ccc(OCC2(CBr)CCCC2)c([N+](=O)[O-])c1. The van der Waals surface area contributed by atoms with Crippen molar-refractivity contribution in [3.8, 4) is 11.5 Å². The van der Waals surface area contributed by atoms with Crippen molar-refractivity contribution in [2.45, 2.75) is 25.7 Å². The molecule has 0 bridgehead atoms. The summed E-state index contributed by atoms with van der Waals surface area (Å²) in [5, 5.41) is 12.0. The second-order valence-electron chi connectivity index (χ2n) is 5.22. The molecule has 0 saturated heterocycles. The standard InChI is InChI=1S/C14H18BrNO4/c1-19-11-4-5-13(12(8-11)16(17)18)20-10-14(9-15)6-2-3-7-14/h4-5,8H,2-3,6-7,9-10H2,1H3. The molecule has 0 unspecified atom stereocenters. The highest BCUT2D eigenvalue weighted by Gasteiger charge is 2.34. The summed E-state index contributed by atoms with van der Waals surface area (Å²) in [5.41, 5.74) is 0.0559. The first-order valence-corrected chi connectivity index (χ1v) is 7.73. The molecule has 0 aromatic heterocycles. The van der Waals surface area contributed by atoms with Gasteiger partial charge in [0.25, 0.3) is 0 Å².